The van der Waals surface area contributed by atoms with Crippen molar-refractivity contribution in [1.29, 1.82) is 0 Å². The van der Waals surface area contributed by atoms with Gasteiger partial charge in [0.15, 0.2) is 0 Å². The van der Waals surface area contributed by atoms with Crippen molar-refractivity contribution in [1.82, 2.24) is 14.8 Å². The summed E-state index contributed by atoms with van der Waals surface area (Å²) in [6, 6.07) is 12.2. The second-order valence-corrected chi connectivity index (χ2v) is 7.39. The molecular weight excluding hydrogens is 340 g/mol. The highest BCUT2D eigenvalue weighted by Crippen LogP contribution is 2.26. The summed E-state index contributed by atoms with van der Waals surface area (Å²) in [5, 5.41) is 2.97. The molecule has 2 fully saturated rings. The van der Waals surface area contributed by atoms with Crippen LogP contribution < -0.4 is 10.1 Å². The van der Waals surface area contributed by atoms with Crippen LogP contribution in [0.4, 0.5) is 10.5 Å². The van der Waals surface area contributed by atoms with Crippen LogP contribution in [0.2, 0.25) is 0 Å². The van der Waals surface area contributed by atoms with Gasteiger partial charge in [-0.2, -0.15) is 0 Å². The summed E-state index contributed by atoms with van der Waals surface area (Å²) in [7, 11) is 0. The van der Waals surface area contributed by atoms with E-state index in [1.165, 1.54) is 25.8 Å². The van der Waals surface area contributed by atoms with Crippen molar-refractivity contribution in [3.05, 3.63) is 48.8 Å². The standard InChI is InChI=1S/C21H26N4O2/c1-16-5-2-3-12-25(16)18-14-24(15-18)21(26)23-17-7-9-19(10-8-17)27-20-6-4-11-22-13-20/h4,6-11,13,16,18H,2-3,5,12,14-15H2,1H3,(H,23,26)/t16-/m0/s1. The molecule has 1 N–H and O–H groups in total. The number of piperidine rings is 1. The van der Waals surface area contributed by atoms with E-state index in [0.717, 1.165) is 18.8 Å². The number of carbonyl (C=O) groups is 1. The van der Waals surface area contributed by atoms with Gasteiger partial charge in [-0.1, -0.05) is 6.42 Å². The summed E-state index contributed by atoms with van der Waals surface area (Å²) < 4.78 is 5.72. The maximum Gasteiger partial charge on any atom is 0.321 e. The minimum atomic E-state index is -0.0307. The van der Waals surface area contributed by atoms with Gasteiger partial charge in [-0.15, -0.1) is 0 Å². The van der Waals surface area contributed by atoms with Gasteiger partial charge in [0.1, 0.15) is 11.5 Å². The molecule has 142 valence electrons. The topological polar surface area (TPSA) is 57.7 Å². The molecule has 6 nitrogen and oxygen atoms in total. The third-order valence-corrected chi connectivity index (χ3v) is 5.45. The van der Waals surface area contributed by atoms with E-state index in [2.05, 4.69) is 22.1 Å². The highest BCUT2D eigenvalue weighted by Gasteiger charge is 2.37. The average molecular weight is 366 g/mol. The molecule has 2 saturated heterocycles. The van der Waals surface area contributed by atoms with Gasteiger partial charge in [-0.25, -0.2) is 4.79 Å². The Morgan fingerprint density at radius 1 is 1.15 bits per heavy atom. The van der Waals surface area contributed by atoms with Crippen molar-refractivity contribution < 1.29 is 9.53 Å². The number of rotatable bonds is 4. The molecule has 1 atom stereocenters. The zero-order chi connectivity index (χ0) is 18.6. The Morgan fingerprint density at radius 3 is 2.67 bits per heavy atom. The lowest BCUT2D eigenvalue weighted by molar-refractivity contribution is 0.0199. The number of anilines is 1. The number of carbonyl (C=O) groups excluding carboxylic acids is 1. The van der Waals surface area contributed by atoms with E-state index in [1.807, 2.05) is 41.3 Å². The number of benzene rings is 1. The molecule has 1 aromatic heterocycles. The normalized spacial score (nSPS) is 20.8. The number of hydrogen-bond donors (Lipinski definition) is 1. The molecular formula is C21H26N4O2. The third-order valence-electron chi connectivity index (χ3n) is 5.45. The average Bonchev–Trinajstić information content (AvgIpc) is 2.65. The first-order valence-corrected chi connectivity index (χ1v) is 9.68. The van der Waals surface area contributed by atoms with Crippen molar-refractivity contribution in [2.45, 2.75) is 38.3 Å². The number of nitrogens with zero attached hydrogens (tertiary/aromatic N) is 3. The van der Waals surface area contributed by atoms with Gasteiger partial charge in [0, 0.05) is 37.1 Å². The molecule has 2 aliphatic heterocycles. The summed E-state index contributed by atoms with van der Waals surface area (Å²) in [4.78, 5) is 20.9. The quantitative estimate of drug-likeness (QED) is 0.890. The fourth-order valence-corrected chi connectivity index (χ4v) is 3.85. The summed E-state index contributed by atoms with van der Waals surface area (Å²) in [6.45, 7) is 5.10. The first kappa shape index (κ1) is 17.8. The van der Waals surface area contributed by atoms with E-state index in [0.29, 0.717) is 23.6 Å². The lowest BCUT2D eigenvalue weighted by Crippen LogP contribution is -2.64. The van der Waals surface area contributed by atoms with E-state index >= 15 is 0 Å². The Bertz CT molecular complexity index is 760. The maximum absolute atomic E-state index is 12.4. The van der Waals surface area contributed by atoms with Crippen LogP contribution in [-0.2, 0) is 0 Å². The largest absolute Gasteiger partial charge is 0.456 e. The van der Waals surface area contributed by atoms with E-state index < -0.39 is 0 Å². The number of nitrogens with one attached hydrogen (secondary N) is 1. The molecule has 0 saturated carbocycles. The molecule has 0 radical (unpaired) electrons. The van der Waals surface area contributed by atoms with E-state index in [-0.39, 0.29) is 6.03 Å². The van der Waals surface area contributed by atoms with Gasteiger partial charge in [0.2, 0.25) is 0 Å². The molecule has 0 bridgehead atoms. The predicted molar refractivity (Wildman–Crippen MR) is 105 cm³/mol. The monoisotopic (exact) mass is 366 g/mol. The Hall–Kier alpha value is -2.60. The summed E-state index contributed by atoms with van der Waals surface area (Å²) >= 11 is 0. The van der Waals surface area contributed by atoms with Crippen LogP contribution in [0.1, 0.15) is 26.2 Å². The number of ether oxygens (including phenoxy) is 1. The van der Waals surface area contributed by atoms with Crippen molar-refractivity contribution in [2.24, 2.45) is 0 Å². The number of urea groups is 1. The Labute approximate surface area is 160 Å². The molecule has 3 heterocycles. The maximum atomic E-state index is 12.4. The fourth-order valence-electron chi connectivity index (χ4n) is 3.85. The number of pyridine rings is 1. The summed E-state index contributed by atoms with van der Waals surface area (Å²) in [5.74, 6) is 1.40. The summed E-state index contributed by atoms with van der Waals surface area (Å²) in [5.41, 5.74) is 0.772. The first-order chi connectivity index (χ1) is 13.2. The fraction of sp³-hybridized carbons (Fsp3) is 0.429. The van der Waals surface area contributed by atoms with Gasteiger partial charge in [-0.3, -0.25) is 9.88 Å². The van der Waals surface area contributed by atoms with Crippen LogP contribution in [0, 0.1) is 0 Å². The SMILES string of the molecule is C[C@H]1CCCCN1C1CN(C(=O)Nc2ccc(Oc3cccnc3)cc2)C1. The van der Waals surface area contributed by atoms with Crippen LogP contribution in [-0.4, -0.2) is 52.5 Å². The highest BCUT2D eigenvalue weighted by atomic mass is 16.5. The van der Waals surface area contributed by atoms with Crippen LogP contribution in [0.3, 0.4) is 0 Å². The predicted octanol–water partition coefficient (Wildman–Crippen LogP) is 3.96. The number of hydrogen-bond acceptors (Lipinski definition) is 4. The molecule has 6 heteroatoms. The Balaban J connectivity index is 1.26. The molecule has 0 aliphatic carbocycles. The van der Waals surface area contributed by atoms with Crippen LogP contribution in [0.15, 0.2) is 48.8 Å². The molecule has 2 amide bonds. The third kappa shape index (κ3) is 4.22. The van der Waals surface area contributed by atoms with Crippen LogP contribution in [0.5, 0.6) is 11.5 Å². The van der Waals surface area contributed by atoms with Gasteiger partial charge < -0.3 is 15.0 Å². The molecule has 2 aromatic rings. The van der Waals surface area contributed by atoms with Gasteiger partial charge in [-0.05, 0) is 62.7 Å². The van der Waals surface area contributed by atoms with Crippen molar-refractivity contribution in [3.8, 4) is 11.5 Å². The number of aromatic nitrogens is 1. The van der Waals surface area contributed by atoms with Crippen molar-refractivity contribution in [2.75, 3.05) is 25.0 Å². The van der Waals surface area contributed by atoms with Gasteiger partial charge >= 0.3 is 6.03 Å². The van der Waals surface area contributed by atoms with Crippen LogP contribution >= 0.6 is 0 Å². The molecule has 1 aromatic carbocycles. The van der Waals surface area contributed by atoms with Gasteiger partial charge in [0.05, 0.1) is 6.20 Å². The van der Waals surface area contributed by atoms with Crippen molar-refractivity contribution >= 4 is 11.7 Å². The minimum Gasteiger partial charge on any atom is -0.456 e. The van der Waals surface area contributed by atoms with E-state index in [1.54, 1.807) is 12.4 Å². The van der Waals surface area contributed by atoms with Gasteiger partial charge in [0.25, 0.3) is 0 Å². The van der Waals surface area contributed by atoms with E-state index in [9.17, 15) is 4.79 Å². The van der Waals surface area contributed by atoms with E-state index in [4.69, 9.17) is 4.74 Å². The molecule has 2 aliphatic rings. The first-order valence-electron chi connectivity index (χ1n) is 9.68. The molecule has 27 heavy (non-hydrogen) atoms. The van der Waals surface area contributed by atoms with Crippen LogP contribution in [0.25, 0.3) is 0 Å². The second kappa shape index (κ2) is 7.96. The van der Waals surface area contributed by atoms with Crippen molar-refractivity contribution in [3.63, 3.8) is 0 Å². The zero-order valence-electron chi connectivity index (χ0n) is 15.7. The zero-order valence-corrected chi connectivity index (χ0v) is 15.7. The lowest BCUT2D eigenvalue weighted by Gasteiger charge is -2.49. The molecule has 0 spiro atoms. The second-order valence-electron chi connectivity index (χ2n) is 7.39. The number of likely N-dealkylation sites (tertiary alicyclic amines) is 2. The summed E-state index contributed by atoms with van der Waals surface area (Å²) in [6.07, 6.45) is 7.25. The molecule has 4 rings (SSSR count). The minimum absolute atomic E-state index is 0.0307. The smallest absolute Gasteiger partial charge is 0.321 e. The number of amides is 2. The Kier molecular flexibility index (Phi) is 5.25. The molecule has 0 unspecified atom stereocenters. The lowest BCUT2D eigenvalue weighted by atomic mass is 9.98. The highest BCUT2D eigenvalue weighted by molar-refractivity contribution is 5.90. The Morgan fingerprint density at radius 2 is 1.96 bits per heavy atom.